The molecule has 0 aliphatic heterocycles. The molecule has 1 fully saturated rings. The van der Waals surface area contributed by atoms with Crippen LogP contribution >= 0.6 is 15.9 Å². The van der Waals surface area contributed by atoms with Crippen LogP contribution in [0.3, 0.4) is 0 Å². The van der Waals surface area contributed by atoms with Crippen molar-refractivity contribution in [3.8, 4) is 0 Å². The average molecular weight is 298 g/mol. The Bertz CT molecular complexity index is 416. The molecular formula is C12H16BrN3O. The summed E-state index contributed by atoms with van der Waals surface area (Å²) in [6.07, 6.45) is 7.27. The molecule has 0 unspecified atom stereocenters. The minimum Gasteiger partial charge on any atom is -0.329 e. The van der Waals surface area contributed by atoms with Gasteiger partial charge in [0.05, 0.1) is 17.3 Å². The highest BCUT2D eigenvalue weighted by Gasteiger charge is 2.39. The van der Waals surface area contributed by atoms with Crippen LogP contribution in [0, 0.1) is 5.41 Å². The van der Waals surface area contributed by atoms with Crippen molar-refractivity contribution in [1.82, 2.24) is 4.98 Å². The molecule has 2 rings (SSSR count). The Hall–Kier alpha value is -0.940. The van der Waals surface area contributed by atoms with E-state index in [2.05, 4.69) is 26.2 Å². The van der Waals surface area contributed by atoms with E-state index in [1.54, 1.807) is 12.4 Å². The fraction of sp³-hybridized carbons (Fsp3) is 0.500. The van der Waals surface area contributed by atoms with E-state index in [1.165, 1.54) is 0 Å². The van der Waals surface area contributed by atoms with Gasteiger partial charge in [-0.15, -0.1) is 0 Å². The Balaban J connectivity index is 2.10. The largest absolute Gasteiger partial charge is 0.329 e. The third-order valence-electron chi connectivity index (χ3n) is 3.40. The molecule has 0 bridgehead atoms. The standard InChI is InChI=1S/C12H16BrN3O/c13-9-5-10(7-15-6-9)16-11(17)12(8-14)3-1-2-4-12/h5-7H,1-4,8,14H2,(H,16,17). The predicted octanol–water partition coefficient (Wildman–Crippen LogP) is 2.30. The zero-order valence-corrected chi connectivity index (χ0v) is 11.2. The summed E-state index contributed by atoms with van der Waals surface area (Å²) in [7, 11) is 0. The average Bonchev–Trinajstić information content (AvgIpc) is 2.78. The van der Waals surface area contributed by atoms with Crippen LogP contribution in [0.2, 0.25) is 0 Å². The summed E-state index contributed by atoms with van der Waals surface area (Å²) in [5.74, 6) is 0.0254. The van der Waals surface area contributed by atoms with E-state index in [1.807, 2.05) is 6.07 Å². The molecule has 0 atom stereocenters. The second-order valence-electron chi connectivity index (χ2n) is 4.54. The number of carbonyl (C=O) groups excluding carboxylic acids is 1. The van der Waals surface area contributed by atoms with Crippen molar-refractivity contribution in [3.05, 3.63) is 22.9 Å². The summed E-state index contributed by atoms with van der Waals surface area (Å²) >= 11 is 3.33. The topological polar surface area (TPSA) is 68.0 Å². The van der Waals surface area contributed by atoms with Crippen LogP contribution in [0.25, 0.3) is 0 Å². The molecule has 0 radical (unpaired) electrons. The number of pyridine rings is 1. The molecule has 5 heteroatoms. The van der Waals surface area contributed by atoms with Crippen LogP contribution in [0.15, 0.2) is 22.9 Å². The maximum Gasteiger partial charge on any atom is 0.231 e. The number of amides is 1. The highest BCUT2D eigenvalue weighted by atomic mass is 79.9. The molecule has 1 saturated carbocycles. The van der Waals surface area contributed by atoms with Gasteiger partial charge < -0.3 is 11.1 Å². The first-order valence-corrected chi connectivity index (χ1v) is 6.58. The van der Waals surface area contributed by atoms with E-state index in [9.17, 15) is 4.79 Å². The Morgan fingerprint density at radius 2 is 2.18 bits per heavy atom. The van der Waals surface area contributed by atoms with Gasteiger partial charge in [-0.1, -0.05) is 12.8 Å². The molecule has 1 aliphatic carbocycles. The van der Waals surface area contributed by atoms with Crippen molar-refractivity contribution < 1.29 is 4.79 Å². The summed E-state index contributed by atoms with van der Waals surface area (Å²) in [6.45, 7) is 0.417. The Kier molecular flexibility index (Phi) is 3.79. The van der Waals surface area contributed by atoms with E-state index in [4.69, 9.17) is 5.73 Å². The monoisotopic (exact) mass is 297 g/mol. The molecule has 3 N–H and O–H groups in total. The van der Waals surface area contributed by atoms with Gasteiger partial charge in [0.15, 0.2) is 0 Å². The maximum atomic E-state index is 12.2. The fourth-order valence-electron chi connectivity index (χ4n) is 2.32. The summed E-state index contributed by atoms with van der Waals surface area (Å²) in [5.41, 5.74) is 6.11. The normalized spacial score (nSPS) is 18.0. The number of aromatic nitrogens is 1. The molecule has 1 amide bonds. The first-order valence-electron chi connectivity index (χ1n) is 5.78. The molecule has 92 valence electrons. The lowest BCUT2D eigenvalue weighted by atomic mass is 9.85. The first-order chi connectivity index (χ1) is 8.16. The molecule has 1 aliphatic rings. The molecule has 17 heavy (non-hydrogen) atoms. The zero-order valence-electron chi connectivity index (χ0n) is 9.58. The Morgan fingerprint density at radius 3 is 2.76 bits per heavy atom. The third kappa shape index (κ3) is 2.66. The van der Waals surface area contributed by atoms with Gasteiger partial charge in [0.1, 0.15) is 0 Å². The van der Waals surface area contributed by atoms with E-state index in [0.29, 0.717) is 12.2 Å². The number of nitrogens with two attached hydrogens (primary N) is 1. The predicted molar refractivity (Wildman–Crippen MR) is 70.5 cm³/mol. The van der Waals surface area contributed by atoms with Gasteiger partial charge in [0.25, 0.3) is 0 Å². The van der Waals surface area contributed by atoms with Crippen LogP contribution in [0.4, 0.5) is 5.69 Å². The second kappa shape index (κ2) is 5.14. The summed E-state index contributed by atoms with van der Waals surface area (Å²) < 4.78 is 0.850. The minimum absolute atomic E-state index is 0.0254. The minimum atomic E-state index is -0.373. The lowest BCUT2D eigenvalue weighted by Crippen LogP contribution is -2.40. The van der Waals surface area contributed by atoms with Crippen molar-refractivity contribution in [3.63, 3.8) is 0 Å². The van der Waals surface area contributed by atoms with Crippen LogP contribution < -0.4 is 11.1 Å². The number of rotatable bonds is 3. The van der Waals surface area contributed by atoms with Crippen molar-refractivity contribution in [2.75, 3.05) is 11.9 Å². The molecular weight excluding hydrogens is 282 g/mol. The molecule has 1 aromatic rings. The number of hydrogen-bond acceptors (Lipinski definition) is 3. The Morgan fingerprint density at radius 1 is 1.47 bits per heavy atom. The van der Waals surface area contributed by atoms with Crippen molar-refractivity contribution in [1.29, 1.82) is 0 Å². The highest BCUT2D eigenvalue weighted by Crippen LogP contribution is 2.38. The molecule has 0 aromatic carbocycles. The number of nitrogens with zero attached hydrogens (tertiary/aromatic N) is 1. The van der Waals surface area contributed by atoms with E-state index >= 15 is 0 Å². The van der Waals surface area contributed by atoms with Gasteiger partial charge in [0, 0.05) is 17.2 Å². The molecule has 1 aromatic heterocycles. The first kappa shape index (κ1) is 12.5. The fourth-order valence-corrected chi connectivity index (χ4v) is 2.68. The number of halogens is 1. The van der Waals surface area contributed by atoms with Crippen LogP contribution in [0.1, 0.15) is 25.7 Å². The van der Waals surface area contributed by atoms with Gasteiger partial charge in [-0.25, -0.2) is 0 Å². The second-order valence-corrected chi connectivity index (χ2v) is 5.45. The number of carbonyl (C=O) groups is 1. The lowest BCUT2D eigenvalue weighted by Gasteiger charge is -2.25. The van der Waals surface area contributed by atoms with Gasteiger partial charge in [0.2, 0.25) is 5.91 Å². The van der Waals surface area contributed by atoms with Crippen molar-refractivity contribution >= 4 is 27.5 Å². The summed E-state index contributed by atoms with van der Waals surface area (Å²) in [4.78, 5) is 16.3. The zero-order chi connectivity index (χ0) is 12.3. The van der Waals surface area contributed by atoms with E-state index in [0.717, 1.165) is 30.2 Å². The third-order valence-corrected chi connectivity index (χ3v) is 3.83. The molecule has 1 heterocycles. The van der Waals surface area contributed by atoms with Gasteiger partial charge >= 0.3 is 0 Å². The number of anilines is 1. The summed E-state index contributed by atoms with van der Waals surface area (Å²) in [6, 6.07) is 1.84. The van der Waals surface area contributed by atoms with Gasteiger partial charge in [-0.3, -0.25) is 9.78 Å². The van der Waals surface area contributed by atoms with E-state index < -0.39 is 0 Å². The Labute approximate surface area is 109 Å². The SMILES string of the molecule is NCC1(C(=O)Nc2cncc(Br)c2)CCCC1. The van der Waals surface area contributed by atoms with Gasteiger partial charge in [-0.2, -0.15) is 0 Å². The van der Waals surface area contributed by atoms with Gasteiger partial charge in [-0.05, 0) is 34.8 Å². The maximum absolute atomic E-state index is 12.2. The number of hydrogen-bond donors (Lipinski definition) is 2. The number of nitrogens with one attached hydrogen (secondary N) is 1. The molecule has 0 spiro atoms. The van der Waals surface area contributed by atoms with Crippen LogP contribution in [-0.4, -0.2) is 17.4 Å². The molecule has 4 nitrogen and oxygen atoms in total. The van der Waals surface area contributed by atoms with Crippen molar-refractivity contribution in [2.45, 2.75) is 25.7 Å². The lowest BCUT2D eigenvalue weighted by molar-refractivity contribution is -0.124. The highest BCUT2D eigenvalue weighted by molar-refractivity contribution is 9.10. The van der Waals surface area contributed by atoms with E-state index in [-0.39, 0.29) is 11.3 Å². The van der Waals surface area contributed by atoms with Crippen molar-refractivity contribution in [2.24, 2.45) is 11.1 Å². The smallest absolute Gasteiger partial charge is 0.231 e. The van der Waals surface area contributed by atoms with Crippen LogP contribution in [0.5, 0.6) is 0 Å². The summed E-state index contributed by atoms with van der Waals surface area (Å²) in [5, 5.41) is 2.90. The van der Waals surface area contributed by atoms with Crippen LogP contribution in [-0.2, 0) is 4.79 Å². The quantitative estimate of drug-likeness (QED) is 0.899. The molecule has 0 saturated heterocycles.